The third kappa shape index (κ3) is 4.41. The summed E-state index contributed by atoms with van der Waals surface area (Å²) in [6.45, 7) is 5.05. The summed E-state index contributed by atoms with van der Waals surface area (Å²) in [5.41, 5.74) is -1.20. The zero-order chi connectivity index (χ0) is 14.8. The van der Waals surface area contributed by atoms with Crippen LogP contribution in [0.15, 0.2) is 22.6 Å². The Morgan fingerprint density at radius 3 is 2.21 bits per heavy atom. The van der Waals surface area contributed by atoms with Crippen LogP contribution in [0.2, 0.25) is 0 Å². The first kappa shape index (κ1) is 15.8. The summed E-state index contributed by atoms with van der Waals surface area (Å²) in [6.07, 6.45) is -3.61. The molecule has 0 bridgehead atoms. The van der Waals surface area contributed by atoms with Crippen LogP contribution in [-0.2, 0) is 17.2 Å². The summed E-state index contributed by atoms with van der Waals surface area (Å²) >= 11 is 0. The first-order valence-electron chi connectivity index (χ1n) is 5.34. The number of nitrogens with zero attached hydrogens (tertiary/aromatic N) is 1. The van der Waals surface area contributed by atoms with Crippen molar-refractivity contribution >= 4 is 17.2 Å². The highest BCUT2D eigenvalue weighted by atomic mass is 32.2. The van der Waals surface area contributed by atoms with E-state index in [1.165, 1.54) is 0 Å². The second kappa shape index (κ2) is 5.40. The van der Waals surface area contributed by atoms with Crippen LogP contribution < -0.4 is 0 Å². The average molecular weight is 295 g/mol. The highest BCUT2D eigenvalue weighted by Gasteiger charge is 2.31. The summed E-state index contributed by atoms with van der Waals surface area (Å²) in [5.74, 6) is -1.05. The number of hydrogen-bond donors (Lipinski definition) is 0. The summed E-state index contributed by atoms with van der Waals surface area (Å²) in [7, 11) is -1.59. The number of alkyl halides is 3. The van der Waals surface area contributed by atoms with Crippen molar-refractivity contribution in [3.63, 3.8) is 0 Å². The Morgan fingerprint density at radius 1 is 1.21 bits per heavy atom. The van der Waals surface area contributed by atoms with Crippen molar-refractivity contribution in [1.29, 1.82) is 0 Å². The van der Waals surface area contributed by atoms with Crippen LogP contribution in [-0.4, -0.2) is 15.2 Å². The number of hydrogen-bond acceptors (Lipinski definition) is 1. The lowest BCUT2D eigenvalue weighted by atomic mass is 10.1. The second-order valence-corrected chi connectivity index (χ2v) is 6.76. The topological polar surface area (TPSA) is 29.4 Å². The van der Waals surface area contributed by atoms with Gasteiger partial charge in [-0.1, -0.05) is 0 Å². The van der Waals surface area contributed by atoms with Crippen LogP contribution in [0, 0.1) is 5.82 Å². The van der Waals surface area contributed by atoms with Crippen molar-refractivity contribution in [2.45, 2.75) is 31.7 Å². The molecular weight excluding hydrogens is 282 g/mol. The molecule has 0 aromatic heterocycles. The monoisotopic (exact) mass is 295 g/mol. The van der Waals surface area contributed by atoms with Gasteiger partial charge in [0.05, 0.1) is 10.3 Å². The minimum Gasteiger partial charge on any atom is -0.234 e. The maximum atomic E-state index is 13.4. The van der Waals surface area contributed by atoms with Gasteiger partial charge in [0.15, 0.2) is 0 Å². The van der Waals surface area contributed by atoms with E-state index >= 15 is 0 Å². The summed E-state index contributed by atoms with van der Waals surface area (Å²) < 4.78 is 65.0. The van der Waals surface area contributed by atoms with Crippen molar-refractivity contribution in [2.24, 2.45) is 4.40 Å². The summed E-state index contributed by atoms with van der Waals surface area (Å²) in [4.78, 5) is 0. The molecule has 0 saturated carbocycles. The smallest absolute Gasteiger partial charge is 0.234 e. The van der Waals surface area contributed by atoms with Gasteiger partial charge in [0.25, 0.3) is 0 Å². The van der Waals surface area contributed by atoms with E-state index in [-0.39, 0.29) is 5.56 Å². The highest BCUT2D eigenvalue weighted by molar-refractivity contribution is 7.85. The Morgan fingerprint density at radius 2 is 1.79 bits per heavy atom. The molecule has 1 rings (SSSR count). The molecule has 0 heterocycles. The van der Waals surface area contributed by atoms with Gasteiger partial charge in [0, 0.05) is 11.8 Å². The third-order valence-corrected chi connectivity index (χ3v) is 3.48. The minimum absolute atomic E-state index is 0.134. The normalized spacial score (nSPS) is 14.9. The minimum atomic E-state index is -4.59. The fourth-order valence-electron chi connectivity index (χ4n) is 1.07. The zero-order valence-corrected chi connectivity index (χ0v) is 11.4. The molecule has 0 aliphatic rings. The molecule has 7 heteroatoms. The fraction of sp³-hybridized carbons (Fsp3) is 0.417. The zero-order valence-electron chi connectivity index (χ0n) is 10.6. The predicted octanol–water partition coefficient (Wildman–Crippen LogP) is 3.73. The van der Waals surface area contributed by atoms with Gasteiger partial charge >= 0.3 is 6.18 Å². The van der Waals surface area contributed by atoms with Crippen LogP contribution >= 0.6 is 0 Å². The molecule has 0 spiro atoms. The SMILES string of the molecule is CC(C)(C)[S@@](=O)N=Cc1ccc(C(F)(F)F)cc1F. The largest absolute Gasteiger partial charge is 0.416 e. The molecule has 0 aliphatic heterocycles. The van der Waals surface area contributed by atoms with Gasteiger partial charge in [0.1, 0.15) is 16.8 Å². The van der Waals surface area contributed by atoms with E-state index in [0.29, 0.717) is 6.07 Å². The quantitative estimate of drug-likeness (QED) is 0.604. The van der Waals surface area contributed by atoms with Crippen LogP contribution in [0.4, 0.5) is 17.6 Å². The molecular formula is C12H13F4NOS. The van der Waals surface area contributed by atoms with E-state index in [0.717, 1.165) is 18.3 Å². The van der Waals surface area contributed by atoms with E-state index in [1.807, 2.05) is 0 Å². The lowest BCUT2D eigenvalue weighted by Gasteiger charge is -2.12. The number of halogens is 4. The first-order chi connectivity index (χ1) is 8.51. The molecule has 19 heavy (non-hydrogen) atoms. The Labute approximate surface area is 111 Å². The van der Waals surface area contributed by atoms with Gasteiger partial charge < -0.3 is 0 Å². The van der Waals surface area contributed by atoms with Gasteiger partial charge in [0.2, 0.25) is 0 Å². The molecule has 0 aliphatic carbocycles. The Balaban J connectivity index is 2.99. The number of rotatable bonds is 2. The van der Waals surface area contributed by atoms with E-state index < -0.39 is 33.3 Å². The summed E-state index contributed by atoms with van der Waals surface area (Å²) in [5, 5.41) is 0. The van der Waals surface area contributed by atoms with Crippen LogP contribution in [0.1, 0.15) is 31.9 Å². The molecule has 0 amide bonds. The second-order valence-electron chi connectivity index (χ2n) is 4.83. The van der Waals surface area contributed by atoms with E-state index in [2.05, 4.69) is 4.40 Å². The van der Waals surface area contributed by atoms with E-state index in [4.69, 9.17) is 0 Å². The Kier molecular flexibility index (Phi) is 4.50. The Bertz CT molecular complexity index is 517. The molecule has 1 aromatic carbocycles. The van der Waals surface area contributed by atoms with Crippen molar-refractivity contribution in [3.8, 4) is 0 Å². The third-order valence-electron chi connectivity index (χ3n) is 2.14. The molecule has 0 saturated heterocycles. The lowest BCUT2D eigenvalue weighted by molar-refractivity contribution is -0.137. The highest BCUT2D eigenvalue weighted by Crippen LogP contribution is 2.30. The molecule has 106 valence electrons. The van der Waals surface area contributed by atoms with Crippen molar-refractivity contribution < 1.29 is 21.8 Å². The maximum absolute atomic E-state index is 13.4. The first-order valence-corrected chi connectivity index (χ1v) is 6.45. The molecule has 0 unspecified atom stereocenters. The average Bonchev–Trinajstić information content (AvgIpc) is 2.24. The van der Waals surface area contributed by atoms with Crippen LogP contribution in [0.5, 0.6) is 0 Å². The fourth-order valence-corrected chi connectivity index (χ4v) is 1.60. The molecule has 0 fully saturated rings. The molecule has 1 atom stereocenters. The summed E-state index contributed by atoms with van der Waals surface area (Å²) in [6, 6.07) is 2.10. The molecule has 1 aromatic rings. The standard InChI is InChI=1S/C12H13F4NOS/c1-11(2,3)19(18)17-7-8-4-5-9(6-10(8)13)12(14,15)16/h4-7H,1-3H3/t19-/m1/s1. The number of benzene rings is 1. The predicted molar refractivity (Wildman–Crippen MR) is 66.9 cm³/mol. The van der Waals surface area contributed by atoms with Crippen molar-refractivity contribution in [1.82, 2.24) is 0 Å². The van der Waals surface area contributed by atoms with Crippen LogP contribution in [0.3, 0.4) is 0 Å². The van der Waals surface area contributed by atoms with E-state index in [1.54, 1.807) is 20.8 Å². The van der Waals surface area contributed by atoms with Gasteiger partial charge in [-0.15, -0.1) is 0 Å². The van der Waals surface area contributed by atoms with Gasteiger partial charge in [-0.2, -0.15) is 17.6 Å². The van der Waals surface area contributed by atoms with Crippen molar-refractivity contribution in [3.05, 3.63) is 35.1 Å². The van der Waals surface area contributed by atoms with Gasteiger partial charge in [-0.25, -0.2) is 8.60 Å². The van der Waals surface area contributed by atoms with Gasteiger partial charge in [-0.3, -0.25) is 0 Å². The molecule has 0 radical (unpaired) electrons. The van der Waals surface area contributed by atoms with Crippen LogP contribution in [0.25, 0.3) is 0 Å². The van der Waals surface area contributed by atoms with Crippen molar-refractivity contribution in [2.75, 3.05) is 0 Å². The Hall–Kier alpha value is -1.24. The lowest BCUT2D eigenvalue weighted by Crippen LogP contribution is -2.19. The van der Waals surface area contributed by atoms with E-state index in [9.17, 15) is 21.8 Å². The molecule has 0 N–H and O–H groups in total. The maximum Gasteiger partial charge on any atom is 0.416 e. The van der Waals surface area contributed by atoms with Gasteiger partial charge in [-0.05, 0) is 39.0 Å². The molecule has 2 nitrogen and oxygen atoms in total.